The van der Waals surface area contributed by atoms with Gasteiger partial charge in [0.2, 0.25) is 0 Å². The van der Waals surface area contributed by atoms with Crippen molar-refractivity contribution in [3.05, 3.63) is 11.4 Å². The molecule has 3 atom stereocenters. The highest BCUT2D eigenvalue weighted by molar-refractivity contribution is 5.66. The first-order valence-electron chi connectivity index (χ1n) is 8.46. The molecule has 2 N–H and O–H groups in total. The summed E-state index contributed by atoms with van der Waals surface area (Å²) in [6, 6.07) is 0. The van der Waals surface area contributed by atoms with E-state index in [1.807, 2.05) is 0 Å². The Bertz CT molecular complexity index is 379. The Morgan fingerprint density at radius 2 is 1.64 bits per heavy atom. The van der Waals surface area contributed by atoms with Crippen LogP contribution in [-0.2, 0) is 9.53 Å². The summed E-state index contributed by atoms with van der Waals surface area (Å²) in [6.07, 6.45) is 9.99. The van der Waals surface area contributed by atoms with Crippen molar-refractivity contribution in [1.82, 2.24) is 0 Å². The third-order valence-electron chi connectivity index (χ3n) is 4.30. The predicted octanol–water partition coefficient (Wildman–Crippen LogP) is 3.76. The van der Waals surface area contributed by atoms with E-state index in [1.165, 1.54) is 25.7 Å². The lowest BCUT2D eigenvalue weighted by Gasteiger charge is -2.06. The van der Waals surface area contributed by atoms with Crippen molar-refractivity contribution in [3.63, 3.8) is 0 Å². The lowest BCUT2D eigenvalue weighted by Crippen LogP contribution is -2.20. The molecule has 22 heavy (non-hydrogen) atoms. The van der Waals surface area contributed by atoms with E-state index in [4.69, 9.17) is 16.4 Å². The number of hydrogen-bond donors (Lipinski definition) is 2. The number of carboxylic acids is 1. The van der Waals surface area contributed by atoms with Crippen LogP contribution in [0, 0.1) is 6.57 Å². The van der Waals surface area contributed by atoms with Gasteiger partial charge in [-0.15, -0.1) is 0 Å². The first kappa shape index (κ1) is 18.9. The lowest BCUT2D eigenvalue weighted by molar-refractivity contribution is -0.137. The molecule has 0 spiro atoms. The van der Waals surface area contributed by atoms with E-state index < -0.39 is 17.8 Å². The van der Waals surface area contributed by atoms with Crippen molar-refractivity contribution in [3.8, 4) is 0 Å². The molecular formula is C17H29NO4. The molecular weight excluding hydrogens is 282 g/mol. The monoisotopic (exact) mass is 311 g/mol. The van der Waals surface area contributed by atoms with Gasteiger partial charge in [-0.2, -0.15) is 0 Å². The SMILES string of the molecule is [C-]#[N+]C1(C)OC1C(O)CCCCCCCCCCCC(=O)O. The lowest BCUT2D eigenvalue weighted by atomic mass is 10.0. The molecule has 1 rings (SSSR count). The minimum atomic E-state index is -0.778. The van der Waals surface area contributed by atoms with Gasteiger partial charge >= 0.3 is 11.7 Å². The number of hydrogen-bond acceptors (Lipinski definition) is 3. The zero-order valence-corrected chi connectivity index (χ0v) is 13.6. The maximum absolute atomic E-state index is 10.3. The second kappa shape index (κ2) is 9.81. The first-order valence-corrected chi connectivity index (χ1v) is 8.46. The molecule has 0 amide bonds. The molecule has 3 unspecified atom stereocenters. The van der Waals surface area contributed by atoms with E-state index in [-0.39, 0.29) is 6.10 Å². The Morgan fingerprint density at radius 3 is 2.09 bits per heavy atom. The quantitative estimate of drug-likeness (QED) is 0.308. The van der Waals surface area contributed by atoms with Gasteiger partial charge in [-0.3, -0.25) is 14.4 Å². The number of carboxylic acid groups (broad SMARTS) is 1. The minimum Gasteiger partial charge on any atom is -0.481 e. The molecule has 126 valence electrons. The normalized spacial score (nSPS) is 24.7. The molecule has 0 aliphatic carbocycles. The smallest absolute Gasteiger partial charge is 0.363 e. The summed E-state index contributed by atoms with van der Waals surface area (Å²) in [5.41, 5.74) is -0.778. The Hall–Kier alpha value is -1.12. The highest BCUT2D eigenvalue weighted by Crippen LogP contribution is 2.40. The fourth-order valence-electron chi connectivity index (χ4n) is 2.77. The van der Waals surface area contributed by atoms with Gasteiger partial charge in [-0.1, -0.05) is 51.4 Å². The molecule has 5 nitrogen and oxygen atoms in total. The van der Waals surface area contributed by atoms with Gasteiger partial charge in [0.1, 0.15) is 0 Å². The average Bonchev–Trinajstić information content (AvgIpc) is 3.17. The maximum Gasteiger partial charge on any atom is 0.363 e. The molecule has 1 aliphatic heterocycles. The van der Waals surface area contributed by atoms with E-state index in [2.05, 4.69) is 4.85 Å². The van der Waals surface area contributed by atoms with Crippen LogP contribution in [0.5, 0.6) is 0 Å². The Morgan fingerprint density at radius 1 is 1.14 bits per heavy atom. The average molecular weight is 311 g/mol. The number of aliphatic hydroxyl groups is 1. The Balaban J connectivity index is 1.83. The molecule has 0 bridgehead atoms. The van der Waals surface area contributed by atoms with Crippen LogP contribution in [-0.4, -0.2) is 34.1 Å². The van der Waals surface area contributed by atoms with Gasteiger partial charge in [-0.05, 0) is 12.8 Å². The predicted molar refractivity (Wildman–Crippen MR) is 84.3 cm³/mol. The van der Waals surface area contributed by atoms with E-state index in [1.54, 1.807) is 6.92 Å². The molecule has 1 aliphatic rings. The van der Waals surface area contributed by atoms with Crippen LogP contribution in [0.15, 0.2) is 0 Å². The first-order chi connectivity index (χ1) is 10.5. The molecule has 0 radical (unpaired) electrons. The number of carbonyl (C=O) groups is 1. The summed E-state index contributed by atoms with van der Waals surface area (Å²) in [7, 11) is 0. The summed E-state index contributed by atoms with van der Waals surface area (Å²) >= 11 is 0. The van der Waals surface area contributed by atoms with Crippen LogP contribution in [0.2, 0.25) is 0 Å². The van der Waals surface area contributed by atoms with E-state index in [0.717, 1.165) is 32.1 Å². The third kappa shape index (κ3) is 7.24. The van der Waals surface area contributed by atoms with Crippen molar-refractivity contribution in [1.29, 1.82) is 0 Å². The number of epoxide rings is 1. The van der Waals surface area contributed by atoms with Gasteiger partial charge in [0, 0.05) is 13.3 Å². The van der Waals surface area contributed by atoms with Crippen LogP contribution in [0.3, 0.4) is 0 Å². The largest absolute Gasteiger partial charge is 0.481 e. The van der Waals surface area contributed by atoms with Crippen LogP contribution in [0.4, 0.5) is 0 Å². The van der Waals surface area contributed by atoms with Gasteiger partial charge in [-0.25, -0.2) is 6.57 Å². The molecule has 0 saturated carbocycles. The van der Waals surface area contributed by atoms with Gasteiger partial charge in [0.15, 0.2) is 6.10 Å². The molecule has 0 aromatic rings. The van der Waals surface area contributed by atoms with Crippen molar-refractivity contribution >= 4 is 5.97 Å². The zero-order valence-electron chi connectivity index (χ0n) is 13.6. The van der Waals surface area contributed by atoms with Gasteiger partial charge in [0.05, 0.1) is 6.10 Å². The number of rotatable bonds is 13. The highest BCUT2D eigenvalue weighted by atomic mass is 16.6. The zero-order chi connectivity index (χ0) is 16.4. The van der Waals surface area contributed by atoms with Crippen molar-refractivity contribution in [2.75, 3.05) is 0 Å². The minimum absolute atomic E-state index is 0.291. The summed E-state index contributed by atoms with van der Waals surface area (Å²) in [5.74, 6) is -0.699. The summed E-state index contributed by atoms with van der Waals surface area (Å²) in [5, 5.41) is 18.4. The van der Waals surface area contributed by atoms with Crippen LogP contribution < -0.4 is 0 Å². The molecule has 0 aromatic carbocycles. The highest BCUT2D eigenvalue weighted by Gasteiger charge is 2.64. The second-order valence-corrected chi connectivity index (χ2v) is 6.39. The van der Waals surface area contributed by atoms with Gasteiger partial charge < -0.3 is 10.2 Å². The van der Waals surface area contributed by atoms with Crippen molar-refractivity contribution < 1.29 is 19.7 Å². The molecule has 1 fully saturated rings. The molecule has 0 aromatic heterocycles. The molecule has 1 saturated heterocycles. The van der Waals surface area contributed by atoms with E-state index >= 15 is 0 Å². The van der Waals surface area contributed by atoms with Gasteiger partial charge in [0.25, 0.3) is 0 Å². The number of unbranched alkanes of at least 4 members (excludes halogenated alkanes) is 8. The third-order valence-corrected chi connectivity index (χ3v) is 4.30. The Labute approximate surface area is 133 Å². The summed E-state index contributed by atoms with van der Waals surface area (Å²) in [4.78, 5) is 13.7. The Kier molecular flexibility index (Phi) is 8.44. The second-order valence-electron chi connectivity index (χ2n) is 6.39. The van der Waals surface area contributed by atoms with Crippen molar-refractivity contribution in [2.24, 2.45) is 0 Å². The van der Waals surface area contributed by atoms with E-state index in [9.17, 15) is 9.90 Å². The van der Waals surface area contributed by atoms with E-state index in [0.29, 0.717) is 12.8 Å². The van der Waals surface area contributed by atoms with Crippen LogP contribution >= 0.6 is 0 Å². The molecule has 5 heteroatoms. The summed E-state index contributed by atoms with van der Waals surface area (Å²) < 4.78 is 5.23. The maximum atomic E-state index is 10.3. The summed E-state index contributed by atoms with van der Waals surface area (Å²) in [6.45, 7) is 8.70. The van der Waals surface area contributed by atoms with Crippen LogP contribution in [0.25, 0.3) is 4.85 Å². The van der Waals surface area contributed by atoms with Crippen molar-refractivity contribution in [2.45, 2.75) is 95.5 Å². The number of aliphatic hydroxyl groups excluding tert-OH is 1. The topological polar surface area (TPSA) is 74.4 Å². The number of nitrogens with zero attached hydrogens (tertiary/aromatic N) is 1. The fraction of sp³-hybridized carbons (Fsp3) is 0.882. The standard InChI is InChI=1S/C17H29NO4/c1-17(18-2)16(22-17)14(19)12-10-8-6-4-3-5-7-9-11-13-15(20)21/h14,16,19H,3-13H2,1H3,(H,20,21). The van der Waals surface area contributed by atoms with Crippen LogP contribution in [0.1, 0.15) is 77.6 Å². The molecule has 1 heterocycles. The number of ether oxygens (including phenoxy) is 1. The fourth-order valence-corrected chi connectivity index (χ4v) is 2.77. The number of aliphatic carboxylic acids is 1.